The zero-order valence-electron chi connectivity index (χ0n) is 7.73. The van der Waals surface area contributed by atoms with E-state index >= 15 is 0 Å². The highest BCUT2D eigenvalue weighted by molar-refractivity contribution is 7.89. The molecule has 1 aliphatic rings. The SMILES string of the molecule is O=C(O)c1ccc2c(c1)S(=O)(=O)NCC2. The van der Waals surface area contributed by atoms with Gasteiger partial charge >= 0.3 is 5.97 Å². The minimum absolute atomic E-state index is 0.0129. The Balaban J connectivity index is 2.64. The van der Waals surface area contributed by atoms with Crippen molar-refractivity contribution in [3.8, 4) is 0 Å². The summed E-state index contributed by atoms with van der Waals surface area (Å²) in [6.45, 7) is 0.363. The minimum atomic E-state index is -3.51. The average Bonchev–Trinajstić information content (AvgIpc) is 2.17. The quantitative estimate of drug-likeness (QED) is 0.718. The second kappa shape index (κ2) is 3.32. The monoisotopic (exact) mass is 227 g/mol. The van der Waals surface area contributed by atoms with E-state index in [4.69, 9.17) is 5.11 Å². The highest BCUT2D eigenvalue weighted by Crippen LogP contribution is 2.21. The first-order chi connectivity index (χ1) is 7.00. The van der Waals surface area contributed by atoms with Gasteiger partial charge in [-0.3, -0.25) is 0 Å². The molecule has 80 valence electrons. The van der Waals surface area contributed by atoms with E-state index < -0.39 is 16.0 Å². The number of rotatable bonds is 1. The zero-order valence-corrected chi connectivity index (χ0v) is 8.54. The first kappa shape index (κ1) is 10.1. The fraction of sp³-hybridized carbons (Fsp3) is 0.222. The highest BCUT2D eigenvalue weighted by atomic mass is 32.2. The van der Waals surface area contributed by atoms with Crippen LogP contribution in [-0.4, -0.2) is 26.0 Å². The van der Waals surface area contributed by atoms with Gasteiger partial charge in [-0.1, -0.05) is 6.07 Å². The molecule has 0 spiro atoms. The summed E-state index contributed by atoms with van der Waals surface area (Å²) in [6.07, 6.45) is 0.592. The van der Waals surface area contributed by atoms with E-state index in [2.05, 4.69) is 4.72 Å². The number of aromatic carboxylic acids is 1. The molecule has 0 amide bonds. The van der Waals surface area contributed by atoms with Crippen molar-refractivity contribution >= 4 is 16.0 Å². The Hall–Kier alpha value is -1.40. The van der Waals surface area contributed by atoms with Gasteiger partial charge in [-0.05, 0) is 24.1 Å². The van der Waals surface area contributed by atoms with Gasteiger partial charge in [-0.15, -0.1) is 0 Å². The molecule has 6 heteroatoms. The topological polar surface area (TPSA) is 83.5 Å². The van der Waals surface area contributed by atoms with Gasteiger partial charge in [0.25, 0.3) is 0 Å². The molecule has 0 unspecified atom stereocenters. The summed E-state index contributed by atoms with van der Waals surface area (Å²) in [6, 6.07) is 4.17. The van der Waals surface area contributed by atoms with Crippen molar-refractivity contribution < 1.29 is 18.3 Å². The van der Waals surface area contributed by atoms with Crippen LogP contribution in [0.3, 0.4) is 0 Å². The van der Waals surface area contributed by atoms with Crippen LogP contribution in [0.4, 0.5) is 0 Å². The number of sulfonamides is 1. The summed E-state index contributed by atoms with van der Waals surface area (Å²) < 4.78 is 25.4. The Kier molecular flexibility index (Phi) is 2.24. The molecule has 0 aliphatic carbocycles. The maximum Gasteiger partial charge on any atom is 0.335 e. The number of carbonyl (C=O) groups is 1. The number of hydrogen-bond acceptors (Lipinski definition) is 3. The molecule has 0 fully saturated rings. The van der Waals surface area contributed by atoms with E-state index in [-0.39, 0.29) is 10.5 Å². The third-order valence-electron chi connectivity index (χ3n) is 2.29. The van der Waals surface area contributed by atoms with Crippen LogP contribution in [0.5, 0.6) is 0 Å². The van der Waals surface area contributed by atoms with Crippen molar-refractivity contribution in [2.75, 3.05) is 6.54 Å². The molecule has 1 aromatic rings. The fourth-order valence-electron chi connectivity index (χ4n) is 1.54. The second-order valence-corrected chi connectivity index (χ2v) is 5.01. The van der Waals surface area contributed by atoms with Crippen LogP contribution in [0, 0.1) is 0 Å². The molecule has 1 aromatic carbocycles. The lowest BCUT2D eigenvalue weighted by Crippen LogP contribution is -2.31. The molecule has 0 saturated heterocycles. The highest BCUT2D eigenvalue weighted by Gasteiger charge is 2.23. The van der Waals surface area contributed by atoms with Crippen molar-refractivity contribution in [2.24, 2.45) is 0 Å². The second-order valence-electron chi connectivity index (χ2n) is 3.28. The van der Waals surface area contributed by atoms with Gasteiger partial charge in [0.2, 0.25) is 10.0 Å². The van der Waals surface area contributed by atoms with Crippen molar-refractivity contribution in [3.05, 3.63) is 29.3 Å². The average molecular weight is 227 g/mol. The van der Waals surface area contributed by atoms with Crippen LogP contribution in [-0.2, 0) is 16.4 Å². The number of hydrogen-bond donors (Lipinski definition) is 2. The van der Waals surface area contributed by atoms with Crippen LogP contribution < -0.4 is 4.72 Å². The lowest BCUT2D eigenvalue weighted by Gasteiger charge is -2.17. The van der Waals surface area contributed by atoms with Crippen molar-refractivity contribution in [1.82, 2.24) is 4.72 Å². The summed E-state index contributed by atoms with van der Waals surface area (Å²) in [5, 5.41) is 8.74. The Labute approximate surface area is 86.8 Å². The molecular weight excluding hydrogens is 218 g/mol. The zero-order chi connectivity index (χ0) is 11.1. The predicted molar refractivity (Wildman–Crippen MR) is 52.3 cm³/mol. The van der Waals surface area contributed by atoms with Gasteiger partial charge in [0.15, 0.2) is 0 Å². The van der Waals surface area contributed by atoms with E-state index in [1.165, 1.54) is 12.1 Å². The van der Waals surface area contributed by atoms with Crippen molar-refractivity contribution in [1.29, 1.82) is 0 Å². The maximum atomic E-state index is 11.5. The van der Waals surface area contributed by atoms with Gasteiger partial charge in [0.1, 0.15) is 0 Å². The van der Waals surface area contributed by atoms with Gasteiger partial charge in [-0.2, -0.15) is 0 Å². The van der Waals surface area contributed by atoms with Gasteiger partial charge in [0, 0.05) is 6.54 Å². The van der Waals surface area contributed by atoms with Gasteiger partial charge in [0.05, 0.1) is 10.5 Å². The molecule has 0 saturated carbocycles. The fourth-order valence-corrected chi connectivity index (χ4v) is 2.87. The third-order valence-corrected chi connectivity index (χ3v) is 3.83. The first-order valence-corrected chi connectivity index (χ1v) is 5.85. The predicted octanol–water partition coefficient (Wildman–Crippen LogP) is 0.219. The lowest BCUT2D eigenvalue weighted by atomic mass is 10.1. The summed E-state index contributed by atoms with van der Waals surface area (Å²) in [4.78, 5) is 10.8. The van der Waals surface area contributed by atoms with Crippen LogP contribution in [0.1, 0.15) is 15.9 Å². The third kappa shape index (κ3) is 1.73. The first-order valence-electron chi connectivity index (χ1n) is 4.36. The molecule has 0 aromatic heterocycles. The molecule has 5 nitrogen and oxygen atoms in total. The number of carboxylic acids is 1. The molecule has 0 atom stereocenters. The molecule has 15 heavy (non-hydrogen) atoms. The number of carboxylic acid groups (broad SMARTS) is 1. The van der Waals surface area contributed by atoms with E-state index in [1.807, 2.05) is 0 Å². The van der Waals surface area contributed by atoms with Gasteiger partial charge in [-0.25, -0.2) is 17.9 Å². The Morgan fingerprint density at radius 3 is 2.80 bits per heavy atom. The molecule has 0 radical (unpaired) electrons. The maximum absolute atomic E-state index is 11.5. The summed E-state index contributed by atoms with van der Waals surface area (Å²) in [5.74, 6) is -1.13. The standard InChI is InChI=1S/C9H9NO4S/c11-9(12)7-2-1-6-3-4-10-15(13,14)8(6)5-7/h1-2,5,10H,3-4H2,(H,11,12). The molecule has 2 rings (SSSR count). The van der Waals surface area contributed by atoms with Gasteiger partial charge < -0.3 is 5.11 Å². The summed E-state index contributed by atoms with van der Waals surface area (Å²) in [7, 11) is -3.51. The molecule has 1 heterocycles. The Bertz CT molecular complexity index is 521. The van der Waals surface area contributed by atoms with E-state index in [0.29, 0.717) is 18.5 Å². The van der Waals surface area contributed by atoms with Crippen molar-refractivity contribution in [3.63, 3.8) is 0 Å². The molecular formula is C9H9NO4S. The Morgan fingerprint density at radius 1 is 1.40 bits per heavy atom. The van der Waals surface area contributed by atoms with Crippen LogP contribution in [0.2, 0.25) is 0 Å². The Morgan fingerprint density at radius 2 is 2.13 bits per heavy atom. The molecule has 0 bridgehead atoms. The largest absolute Gasteiger partial charge is 0.478 e. The number of fused-ring (bicyclic) bond motifs is 1. The minimum Gasteiger partial charge on any atom is -0.478 e. The van der Waals surface area contributed by atoms with Crippen LogP contribution in [0.25, 0.3) is 0 Å². The smallest absolute Gasteiger partial charge is 0.335 e. The molecule has 2 N–H and O–H groups in total. The van der Waals surface area contributed by atoms with Crippen LogP contribution >= 0.6 is 0 Å². The number of benzene rings is 1. The van der Waals surface area contributed by atoms with E-state index in [9.17, 15) is 13.2 Å². The summed E-state index contributed by atoms with van der Waals surface area (Å²) in [5.41, 5.74) is 0.653. The number of nitrogens with one attached hydrogen (secondary N) is 1. The van der Waals surface area contributed by atoms with E-state index in [1.54, 1.807) is 6.07 Å². The lowest BCUT2D eigenvalue weighted by molar-refractivity contribution is 0.0696. The normalized spacial score (nSPS) is 18.1. The summed E-state index contributed by atoms with van der Waals surface area (Å²) >= 11 is 0. The van der Waals surface area contributed by atoms with E-state index in [0.717, 1.165) is 0 Å². The van der Waals surface area contributed by atoms with Crippen molar-refractivity contribution in [2.45, 2.75) is 11.3 Å². The van der Waals surface area contributed by atoms with Crippen LogP contribution in [0.15, 0.2) is 23.1 Å². The molecule has 1 aliphatic heterocycles.